The third-order valence-electron chi connectivity index (χ3n) is 2.13. The van der Waals surface area contributed by atoms with Gasteiger partial charge < -0.3 is 9.47 Å². The second-order valence-electron chi connectivity index (χ2n) is 3.24. The van der Waals surface area contributed by atoms with Crippen LogP contribution in [0.4, 0.5) is 0 Å². The molecule has 0 aliphatic heterocycles. The lowest BCUT2D eigenvalue weighted by atomic mass is 9.95. The fourth-order valence-electron chi connectivity index (χ4n) is 0.951. The fraction of sp³-hybridized carbons (Fsp3) is 1.00. The summed E-state index contributed by atoms with van der Waals surface area (Å²) < 4.78 is 9.64. The lowest BCUT2D eigenvalue weighted by Gasteiger charge is -2.19. The highest BCUT2D eigenvalue weighted by Crippen LogP contribution is 2.18. The van der Waals surface area contributed by atoms with Crippen molar-refractivity contribution in [2.45, 2.75) is 25.3 Å². The average Bonchev–Trinajstić information content (AvgIpc) is 2.11. The van der Waals surface area contributed by atoms with E-state index in [9.17, 15) is 10.1 Å². The first-order valence-electron chi connectivity index (χ1n) is 4.19. The van der Waals surface area contributed by atoms with Crippen molar-refractivity contribution in [1.82, 2.24) is 0 Å². The van der Waals surface area contributed by atoms with Crippen LogP contribution in [0.2, 0.25) is 0 Å². The maximum Gasteiger partial charge on any atom is 0.223 e. The van der Waals surface area contributed by atoms with Crippen molar-refractivity contribution >= 4 is 0 Å². The van der Waals surface area contributed by atoms with Gasteiger partial charge in [0.25, 0.3) is 0 Å². The summed E-state index contributed by atoms with van der Waals surface area (Å²) in [5.74, 6) is 0. The zero-order chi connectivity index (χ0) is 10.3. The average molecular weight is 191 g/mol. The summed E-state index contributed by atoms with van der Waals surface area (Å²) in [5, 5.41) is 10.7. The Morgan fingerprint density at radius 3 is 1.85 bits per heavy atom. The normalized spacial score (nSPS) is 11.6. The van der Waals surface area contributed by atoms with Gasteiger partial charge in [-0.1, -0.05) is 0 Å². The molecule has 0 rings (SSSR count). The largest absolute Gasteiger partial charge is 0.384 e. The van der Waals surface area contributed by atoms with Gasteiger partial charge in [-0.3, -0.25) is 10.1 Å². The maximum absolute atomic E-state index is 10.7. The Bertz CT molecular complexity index is 152. The zero-order valence-electron chi connectivity index (χ0n) is 8.41. The van der Waals surface area contributed by atoms with Crippen molar-refractivity contribution in [3.05, 3.63) is 10.1 Å². The summed E-state index contributed by atoms with van der Waals surface area (Å²) in [6, 6.07) is 0. The topological polar surface area (TPSA) is 61.6 Å². The van der Waals surface area contributed by atoms with Crippen molar-refractivity contribution < 1.29 is 14.4 Å². The second-order valence-corrected chi connectivity index (χ2v) is 3.24. The third-order valence-corrected chi connectivity index (χ3v) is 2.13. The van der Waals surface area contributed by atoms with Gasteiger partial charge in [-0.25, -0.2) is 0 Å². The van der Waals surface area contributed by atoms with Crippen LogP contribution in [0.15, 0.2) is 0 Å². The lowest BCUT2D eigenvalue weighted by molar-refractivity contribution is -0.568. The molecule has 0 heterocycles. The van der Waals surface area contributed by atoms with Crippen LogP contribution in [0.5, 0.6) is 0 Å². The van der Waals surface area contributed by atoms with Crippen LogP contribution in [0.3, 0.4) is 0 Å². The highest BCUT2D eigenvalue weighted by Gasteiger charge is 2.35. The molecule has 0 fully saturated rings. The highest BCUT2D eigenvalue weighted by atomic mass is 16.6. The van der Waals surface area contributed by atoms with Crippen LogP contribution in [0.1, 0.15) is 19.8 Å². The Labute approximate surface area is 78.2 Å². The molecule has 0 aromatic heterocycles. The Morgan fingerprint density at radius 2 is 1.62 bits per heavy atom. The summed E-state index contributed by atoms with van der Waals surface area (Å²) in [4.78, 5) is 10.5. The molecule has 0 saturated heterocycles. The first-order chi connectivity index (χ1) is 6.06. The van der Waals surface area contributed by atoms with E-state index >= 15 is 0 Å². The van der Waals surface area contributed by atoms with Crippen LogP contribution in [-0.2, 0) is 9.47 Å². The molecule has 78 valence electrons. The van der Waals surface area contributed by atoms with E-state index in [1.54, 1.807) is 6.92 Å². The molecule has 0 unspecified atom stereocenters. The molecule has 0 amide bonds. The first kappa shape index (κ1) is 12.3. The van der Waals surface area contributed by atoms with Crippen molar-refractivity contribution in [1.29, 1.82) is 0 Å². The third kappa shape index (κ3) is 4.19. The molecule has 0 atom stereocenters. The van der Waals surface area contributed by atoms with Gasteiger partial charge in [0, 0.05) is 38.9 Å². The summed E-state index contributed by atoms with van der Waals surface area (Å²) in [6.45, 7) is 2.42. The molecule has 0 aromatic rings. The number of methoxy groups -OCH3 is 2. The zero-order valence-corrected chi connectivity index (χ0v) is 8.41. The van der Waals surface area contributed by atoms with Crippen molar-refractivity contribution in [3.8, 4) is 0 Å². The molecule has 0 bridgehead atoms. The number of rotatable bonds is 7. The van der Waals surface area contributed by atoms with Gasteiger partial charge in [0.2, 0.25) is 5.54 Å². The molecule has 0 aliphatic rings. The monoisotopic (exact) mass is 191 g/mol. The van der Waals surface area contributed by atoms with E-state index in [0.29, 0.717) is 26.1 Å². The number of hydrogen-bond donors (Lipinski definition) is 0. The van der Waals surface area contributed by atoms with Gasteiger partial charge in [-0.15, -0.1) is 0 Å². The Morgan fingerprint density at radius 1 is 1.23 bits per heavy atom. The lowest BCUT2D eigenvalue weighted by Crippen LogP contribution is -2.37. The number of nitro groups is 1. The smallest absolute Gasteiger partial charge is 0.223 e. The SMILES string of the molecule is COCCC(C)(CCOC)[N+](=O)[O-]. The number of ether oxygens (including phenoxy) is 2. The number of hydrogen-bond acceptors (Lipinski definition) is 4. The van der Waals surface area contributed by atoms with Gasteiger partial charge in [-0.05, 0) is 0 Å². The van der Waals surface area contributed by atoms with E-state index in [4.69, 9.17) is 9.47 Å². The molecule has 0 radical (unpaired) electrons. The van der Waals surface area contributed by atoms with Crippen molar-refractivity contribution in [2.75, 3.05) is 27.4 Å². The Kier molecular flexibility index (Phi) is 5.57. The quantitative estimate of drug-likeness (QED) is 0.446. The van der Waals surface area contributed by atoms with Crippen LogP contribution >= 0.6 is 0 Å². The minimum Gasteiger partial charge on any atom is -0.384 e. The van der Waals surface area contributed by atoms with Crippen LogP contribution in [0.25, 0.3) is 0 Å². The fourth-order valence-corrected chi connectivity index (χ4v) is 0.951. The summed E-state index contributed by atoms with van der Waals surface area (Å²) in [5.41, 5.74) is -0.925. The molecule has 0 saturated carbocycles. The van der Waals surface area contributed by atoms with E-state index in [1.165, 1.54) is 14.2 Å². The molecule has 13 heavy (non-hydrogen) atoms. The van der Waals surface area contributed by atoms with E-state index < -0.39 is 5.54 Å². The molecular formula is C8H17NO4. The van der Waals surface area contributed by atoms with Gasteiger partial charge in [-0.2, -0.15) is 0 Å². The molecule has 0 spiro atoms. The highest BCUT2D eigenvalue weighted by molar-refractivity contribution is 4.73. The predicted octanol–water partition coefficient (Wildman–Crippen LogP) is 1.09. The standard InChI is InChI=1S/C8H17NO4/c1-8(9(10)11,4-6-12-2)5-7-13-3/h4-7H2,1-3H3. The minimum atomic E-state index is -0.925. The molecule has 0 aliphatic carbocycles. The van der Waals surface area contributed by atoms with Gasteiger partial charge in [0.1, 0.15) is 0 Å². The van der Waals surface area contributed by atoms with Gasteiger partial charge >= 0.3 is 0 Å². The van der Waals surface area contributed by atoms with Gasteiger partial charge in [0.15, 0.2) is 0 Å². The molecular weight excluding hydrogens is 174 g/mol. The first-order valence-corrected chi connectivity index (χ1v) is 4.19. The molecule has 0 aromatic carbocycles. The Balaban J connectivity index is 4.08. The Hall–Kier alpha value is -0.680. The summed E-state index contributed by atoms with van der Waals surface area (Å²) in [7, 11) is 3.08. The van der Waals surface area contributed by atoms with Crippen LogP contribution in [0, 0.1) is 10.1 Å². The van der Waals surface area contributed by atoms with Crippen molar-refractivity contribution in [2.24, 2.45) is 0 Å². The summed E-state index contributed by atoms with van der Waals surface area (Å²) >= 11 is 0. The van der Waals surface area contributed by atoms with Crippen LogP contribution < -0.4 is 0 Å². The van der Waals surface area contributed by atoms with Gasteiger partial charge in [0.05, 0.1) is 13.2 Å². The number of nitrogens with zero attached hydrogens (tertiary/aromatic N) is 1. The molecule has 0 N–H and O–H groups in total. The maximum atomic E-state index is 10.7. The van der Waals surface area contributed by atoms with E-state index in [0.717, 1.165) is 0 Å². The molecule has 5 nitrogen and oxygen atoms in total. The van der Waals surface area contributed by atoms with Crippen LogP contribution in [-0.4, -0.2) is 37.9 Å². The van der Waals surface area contributed by atoms with Crippen molar-refractivity contribution in [3.63, 3.8) is 0 Å². The predicted molar refractivity (Wildman–Crippen MR) is 48.4 cm³/mol. The minimum absolute atomic E-state index is 0.259. The van der Waals surface area contributed by atoms with E-state index in [1.807, 2.05) is 0 Å². The summed E-state index contributed by atoms with van der Waals surface area (Å²) in [6.07, 6.45) is 0.833. The van der Waals surface area contributed by atoms with E-state index in [2.05, 4.69) is 0 Å². The van der Waals surface area contributed by atoms with E-state index in [-0.39, 0.29) is 4.92 Å². The second kappa shape index (κ2) is 5.88. The molecule has 5 heteroatoms.